The summed E-state index contributed by atoms with van der Waals surface area (Å²) in [4.78, 5) is 8.60. The molecule has 2 aliphatic rings. The summed E-state index contributed by atoms with van der Waals surface area (Å²) in [6.45, 7) is 7.34. The van der Waals surface area contributed by atoms with Crippen LogP contribution < -0.4 is 5.32 Å². The zero-order chi connectivity index (χ0) is 17.9. The normalized spacial score (nSPS) is 29.3. The fourth-order valence-corrected chi connectivity index (χ4v) is 5.27. The molecule has 0 amide bonds. The number of anilines is 1. The SMILES string of the molecule is CC1(C)[C@@H]2CC[C@@]1(C)[C@@H](Nc1ccc3ncc(-c4ccncc4)n3n1)C2. The van der Waals surface area contributed by atoms with E-state index < -0.39 is 0 Å². The fourth-order valence-electron chi connectivity index (χ4n) is 5.27. The van der Waals surface area contributed by atoms with Gasteiger partial charge in [0.1, 0.15) is 5.82 Å². The van der Waals surface area contributed by atoms with Gasteiger partial charge in [-0.25, -0.2) is 9.50 Å². The molecule has 2 fully saturated rings. The summed E-state index contributed by atoms with van der Waals surface area (Å²) in [6.07, 6.45) is 9.39. The van der Waals surface area contributed by atoms with Crippen molar-refractivity contribution in [1.82, 2.24) is 19.6 Å². The smallest absolute Gasteiger partial charge is 0.154 e. The van der Waals surface area contributed by atoms with Gasteiger partial charge in [-0.2, -0.15) is 0 Å². The van der Waals surface area contributed by atoms with Crippen LogP contribution >= 0.6 is 0 Å². The molecule has 0 aliphatic heterocycles. The molecule has 2 bridgehead atoms. The average Bonchev–Trinajstić information content (AvgIpc) is 3.21. The first-order chi connectivity index (χ1) is 12.5. The monoisotopic (exact) mass is 347 g/mol. The van der Waals surface area contributed by atoms with Crippen LogP contribution in [0.5, 0.6) is 0 Å². The van der Waals surface area contributed by atoms with E-state index in [1.807, 2.05) is 28.9 Å². The second-order valence-electron chi connectivity index (χ2n) is 8.68. The van der Waals surface area contributed by atoms with Gasteiger partial charge >= 0.3 is 0 Å². The highest BCUT2D eigenvalue weighted by atomic mass is 15.3. The summed E-state index contributed by atoms with van der Waals surface area (Å²) in [6, 6.07) is 8.56. The van der Waals surface area contributed by atoms with Crippen molar-refractivity contribution in [3.63, 3.8) is 0 Å². The number of pyridine rings is 1. The van der Waals surface area contributed by atoms with Crippen LogP contribution in [0.3, 0.4) is 0 Å². The highest BCUT2D eigenvalue weighted by molar-refractivity contribution is 5.63. The van der Waals surface area contributed by atoms with Crippen molar-refractivity contribution in [3.05, 3.63) is 42.9 Å². The lowest BCUT2D eigenvalue weighted by molar-refractivity contribution is 0.142. The lowest BCUT2D eigenvalue weighted by Gasteiger charge is -2.39. The highest BCUT2D eigenvalue weighted by Gasteiger charge is 2.61. The molecule has 0 saturated heterocycles. The third kappa shape index (κ3) is 2.06. The number of nitrogens with one attached hydrogen (secondary N) is 1. The molecule has 2 saturated carbocycles. The van der Waals surface area contributed by atoms with Gasteiger partial charge in [-0.1, -0.05) is 20.8 Å². The Bertz CT molecular complexity index is 961. The Balaban J connectivity index is 1.49. The van der Waals surface area contributed by atoms with Crippen molar-refractivity contribution < 1.29 is 0 Å². The molecule has 0 unspecified atom stereocenters. The van der Waals surface area contributed by atoms with Crippen LogP contribution in [-0.4, -0.2) is 25.6 Å². The van der Waals surface area contributed by atoms with Crippen LogP contribution in [0, 0.1) is 16.7 Å². The van der Waals surface area contributed by atoms with Crippen LogP contribution in [0.25, 0.3) is 16.9 Å². The Morgan fingerprint density at radius 3 is 2.62 bits per heavy atom. The maximum absolute atomic E-state index is 4.86. The average molecular weight is 347 g/mol. The van der Waals surface area contributed by atoms with Crippen molar-refractivity contribution in [1.29, 1.82) is 0 Å². The van der Waals surface area contributed by atoms with E-state index in [1.165, 1.54) is 19.3 Å². The molecule has 5 nitrogen and oxygen atoms in total. The predicted octanol–water partition coefficient (Wildman–Crippen LogP) is 4.42. The molecule has 134 valence electrons. The molecule has 5 rings (SSSR count). The zero-order valence-corrected chi connectivity index (χ0v) is 15.6. The van der Waals surface area contributed by atoms with Crippen molar-refractivity contribution in [2.75, 3.05) is 5.32 Å². The molecular formula is C21H25N5. The van der Waals surface area contributed by atoms with Crippen LogP contribution in [-0.2, 0) is 0 Å². The molecular weight excluding hydrogens is 322 g/mol. The third-order valence-corrected chi connectivity index (χ3v) is 7.45. The predicted molar refractivity (Wildman–Crippen MR) is 103 cm³/mol. The van der Waals surface area contributed by atoms with E-state index >= 15 is 0 Å². The van der Waals surface area contributed by atoms with Gasteiger partial charge < -0.3 is 5.32 Å². The second-order valence-corrected chi connectivity index (χ2v) is 8.68. The number of hydrogen-bond donors (Lipinski definition) is 1. The van der Waals surface area contributed by atoms with E-state index in [-0.39, 0.29) is 0 Å². The van der Waals surface area contributed by atoms with Crippen LogP contribution in [0.1, 0.15) is 40.0 Å². The lowest BCUT2D eigenvalue weighted by Crippen LogP contribution is -2.40. The molecule has 2 aliphatic carbocycles. The third-order valence-electron chi connectivity index (χ3n) is 7.45. The van der Waals surface area contributed by atoms with Gasteiger partial charge in [-0.15, -0.1) is 5.10 Å². The van der Waals surface area contributed by atoms with E-state index in [0.29, 0.717) is 16.9 Å². The second kappa shape index (κ2) is 5.29. The Labute approximate surface area is 153 Å². The molecule has 5 heteroatoms. The maximum atomic E-state index is 4.86. The van der Waals surface area contributed by atoms with Gasteiger partial charge in [0.2, 0.25) is 0 Å². The van der Waals surface area contributed by atoms with Gasteiger partial charge in [-0.05, 0) is 60.3 Å². The standard InChI is InChI=1S/C21H25N5/c1-20(2)15-6-9-21(20,3)17(12-15)24-18-4-5-19-23-13-16(26(19)25-18)14-7-10-22-11-8-14/h4-5,7-8,10-11,13,15,17H,6,9,12H2,1-3H3,(H,24,25)/t15-,17+,21+/m1/s1. The summed E-state index contributed by atoms with van der Waals surface area (Å²) in [5, 5.41) is 8.62. The van der Waals surface area contributed by atoms with Crippen LogP contribution in [0.4, 0.5) is 5.82 Å². The highest BCUT2D eigenvalue weighted by Crippen LogP contribution is 2.65. The van der Waals surface area contributed by atoms with E-state index in [4.69, 9.17) is 5.10 Å². The summed E-state index contributed by atoms with van der Waals surface area (Å²) < 4.78 is 1.93. The number of aromatic nitrogens is 4. The first kappa shape index (κ1) is 15.8. The van der Waals surface area contributed by atoms with Gasteiger partial charge in [0.05, 0.1) is 11.9 Å². The Morgan fingerprint density at radius 1 is 1.12 bits per heavy atom. The van der Waals surface area contributed by atoms with Crippen molar-refractivity contribution in [3.8, 4) is 11.3 Å². The number of imidazole rings is 1. The van der Waals surface area contributed by atoms with Crippen molar-refractivity contribution in [2.24, 2.45) is 16.7 Å². The molecule has 3 aromatic rings. The topological polar surface area (TPSA) is 55.1 Å². The molecule has 0 radical (unpaired) electrons. The molecule has 3 heterocycles. The van der Waals surface area contributed by atoms with Gasteiger partial charge in [0.25, 0.3) is 0 Å². The summed E-state index contributed by atoms with van der Waals surface area (Å²) >= 11 is 0. The number of fused-ring (bicyclic) bond motifs is 3. The fraction of sp³-hybridized carbons (Fsp3) is 0.476. The van der Waals surface area contributed by atoms with Gasteiger partial charge in [0, 0.05) is 24.0 Å². The lowest BCUT2D eigenvalue weighted by atomic mass is 9.69. The Kier molecular flexibility index (Phi) is 3.21. The summed E-state index contributed by atoms with van der Waals surface area (Å²) in [5.74, 6) is 1.75. The minimum absolute atomic E-state index is 0.331. The zero-order valence-electron chi connectivity index (χ0n) is 15.6. The van der Waals surface area contributed by atoms with E-state index in [1.54, 1.807) is 12.4 Å². The first-order valence-electron chi connectivity index (χ1n) is 9.51. The Hall–Kier alpha value is -2.43. The van der Waals surface area contributed by atoms with Crippen LogP contribution in [0.15, 0.2) is 42.9 Å². The maximum Gasteiger partial charge on any atom is 0.154 e. The minimum atomic E-state index is 0.331. The van der Waals surface area contributed by atoms with Crippen molar-refractivity contribution >= 4 is 11.5 Å². The quantitative estimate of drug-likeness (QED) is 0.762. The van der Waals surface area contributed by atoms with Crippen LogP contribution in [0.2, 0.25) is 0 Å². The molecule has 1 N–H and O–H groups in total. The van der Waals surface area contributed by atoms with E-state index in [0.717, 1.165) is 28.6 Å². The van der Waals surface area contributed by atoms with E-state index in [2.05, 4.69) is 42.1 Å². The molecule has 0 spiro atoms. The van der Waals surface area contributed by atoms with Gasteiger partial charge in [-0.3, -0.25) is 4.98 Å². The number of hydrogen-bond acceptors (Lipinski definition) is 4. The molecule has 26 heavy (non-hydrogen) atoms. The number of rotatable bonds is 3. The minimum Gasteiger partial charge on any atom is -0.365 e. The molecule has 3 atom stereocenters. The number of nitrogens with zero attached hydrogens (tertiary/aromatic N) is 4. The van der Waals surface area contributed by atoms with Gasteiger partial charge in [0.15, 0.2) is 5.65 Å². The Morgan fingerprint density at radius 2 is 1.92 bits per heavy atom. The van der Waals surface area contributed by atoms with E-state index in [9.17, 15) is 0 Å². The largest absolute Gasteiger partial charge is 0.365 e. The van der Waals surface area contributed by atoms with Crippen molar-refractivity contribution in [2.45, 2.75) is 46.1 Å². The summed E-state index contributed by atoms with van der Waals surface area (Å²) in [7, 11) is 0. The summed E-state index contributed by atoms with van der Waals surface area (Å²) in [5.41, 5.74) is 3.65. The molecule has 3 aromatic heterocycles. The molecule has 0 aromatic carbocycles. The first-order valence-corrected chi connectivity index (χ1v) is 9.51.